The molecule has 0 unspecified atom stereocenters. The lowest BCUT2D eigenvalue weighted by Crippen LogP contribution is -1.92. The third-order valence-corrected chi connectivity index (χ3v) is 5.07. The van der Waals surface area contributed by atoms with Crippen molar-refractivity contribution < 1.29 is 4.42 Å². The van der Waals surface area contributed by atoms with Crippen molar-refractivity contribution >= 4 is 22.1 Å². The number of fused-ring (bicyclic) bond motifs is 3. The van der Waals surface area contributed by atoms with Crippen LogP contribution in [0.2, 0.25) is 0 Å². The first-order valence-electron chi connectivity index (χ1n) is 9.01. The lowest BCUT2D eigenvalue weighted by Gasteiger charge is -2.11. The van der Waals surface area contributed by atoms with Gasteiger partial charge in [0.2, 0.25) is 5.71 Å². The highest BCUT2D eigenvalue weighted by atomic mass is 16.3. The fraction of sp³-hybridized carbons (Fsp3) is 0.0833. The highest BCUT2D eigenvalue weighted by molar-refractivity contribution is 6.09. The van der Waals surface area contributed by atoms with Crippen molar-refractivity contribution in [1.29, 1.82) is 0 Å². The fourth-order valence-electron chi connectivity index (χ4n) is 3.68. The van der Waals surface area contributed by atoms with E-state index in [4.69, 9.17) is 9.40 Å². The molecule has 130 valence electrons. The van der Waals surface area contributed by atoms with Gasteiger partial charge >= 0.3 is 0 Å². The maximum atomic E-state index is 6.14. The van der Waals surface area contributed by atoms with Gasteiger partial charge in [-0.05, 0) is 54.3 Å². The molecule has 0 saturated carbocycles. The molecule has 0 fully saturated rings. The van der Waals surface area contributed by atoms with Crippen LogP contribution in [-0.2, 0) is 0 Å². The Labute approximate surface area is 157 Å². The monoisotopic (exact) mass is 350 g/mol. The molecule has 0 N–H and O–H groups in total. The van der Waals surface area contributed by atoms with Crippen LogP contribution in [0.4, 0.5) is 0 Å². The number of hydrogen-bond donors (Lipinski definition) is 0. The van der Waals surface area contributed by atoms with Crippen molar-refractivity contribution in [3.63, 3.8) is 0 Å². The summed E-state index contributed by atoms with van der Waals surface area (Å²) in [6.45, 7) is 4.19. The van der Waals surface area contributed by atoms with Gasteiger partial charge < -0.3 is 4.42 Å². The van der Waals surface area contributed by atoms with Crippen molar-refractivity contribution in [3.05, 3.63) is 84.2 Å². The molecule has 27 heavy (non-hydrogen) atoms. The van der Waals surface area contributed by atoms with Crippen molar-refractivity contribution in [2.75, 3.05) is 0 Å². The Morgan fingerprint density at radius 2 is 1.63 bits per heavy atom. The van der Waals surface area contributed by atoms with Gasteiger partial charge in [0.15, 0.2) is 0 Å². The van der Waals surface area contributed by atoms with E-state index in [1.165, 1.54) is 11.1 Å². The average Bonchev–Trinajstić information content (AvgIpc) is 3.08. The summed E-state index contributed by atoms with van der Waals surface area (Å²) >= 11 is 0. The van der Waals surface area contributed by atoms with E-state index in [9.17, 15) is 0 Å². The van der Waals surface area contributed by atoms with E-state index in [-0.39, 0.29) is 0 Å². The maximum absolute atomic E-state index is 6.14. The smallest absolute Gasteiger partial charge is 0.227 e. The highest BCUT2D eigenvalue weighted by Crippen LogP contribution is 2.37. The number of hydrogen-bond acceptors (Lipinski definition) is 3. The second-order valence-electron chi connectivity index (χ2n) is 6.84. The number of pyridine rings is 2. The molecule has 3 heteroatoms. The van der Waals surface area contributed by atoms with Gasteiger partial charge in [-0.3, -0.25) is 4.98 Å². The zero-order chi connectivity index (χ0) is 18.4. The molecule has 0 aliphatic heterocycles. The third kappa shape index (κ3) is 2.51. The van der Waals surface area contributed by atoms with Gasteiger partial charge in [-0.15, -0.1) is 0 Å². The summed E-state index contributed by atoms with van der Waals surface area (Å²) in [6, 6.07) is 20.8. The molecular formula is C24H18N2O. The van der Waals surface area contributed by atoms with Crippen LogP contribution in [-0.4, -0.2) is 9.97 Å². The lowest BCUT2D eigenvalue weighted by molar-refractivity contribution is 0.654. The number of furan rings is 1. The maximum Gasteiger partial charge on any atom is 0.227 e. The molecule has 0 aliphatic carbocycles. The number of nitrogens with zero attached hydrogens (tertiary/aromatic N) is 2. The van der Waals surface area contributed by atoms with E-state index in [2.05, 4.69) is 61.3 Å². The number of benzene rings is 2. The van der Waals surface area contributed by atoms with Gasteiger partial charge in [0.25, 0.3) is 0 Å². The van der Waals surface area contributed by atoms with Crippen LogP contribution in [0.25, 0.3) is 44.5 Å². The van der Waals surface area contributed by atoms with Gasteiger partial charge in [0, 0.05) is 28.7 Å². The van der Waals surface area contributed by atoms with E-state index in [1.807, 2.05) is 24.4 Å². The van der Waals surface area contributed by atoms with Crippen LogP contribution in [0, 0.1) is 13.8 Å². The topological polar surface area (TPSA) is 38.9 Å². The SMILES string of the molecule is Cc1cnc(-c2c(C)ccc3c2oc2ncccc23)cc1-c1ccccc1. The molecule has 5 rings (SSSR count). The fourth-order valence-corrected chi connectivity index (χ4v) is 3.68. The number of aromatic nitrogens is 2. The van der Waals surface area contributed by atoms with Crippen molar-refractivity contribution in [2.24, 2.45) is 0 Å². The molecule has 0 aliphatic rings. The first-order chi connectivity index (χ1) is 13.2. The normalized spacial score (nSPS) is 11.3. The minimum absolute atomic E-state index is 0.662. The molecule has 0 bridgehead atoms. The second-order valence-corrected chi connectivity index (χ2v) is 6.84. The molecule has 0 radical (unpaired) electrons. The summed E-state index contributed by atoms with van der Waals surface area (Å²) in [4.78, 5) is 9.11. The molecule has 2 aromatic carbocycles. The molecule has 3 heterocycles. The van der Waals surface area contributed by atoms with Gasteiger partial charge in [-0.2, -0.15) is 0 Å². The molecule has 0 amide bonds. The second kappa shape index (κ2) is 6.06. The first kappa shape index (κ1) is 15.8. The van der Waals surface area contributed by atoms with Crippen LogP contribution in [0.15, 0.2) is 77.5 Å². The van der Waals surface area contributed by atoms with Crippen LogP contribution < -0.4 is 0 Å². The van der Waals surface area contributed by atoms with Gasteiger partial charge in [0.1, 0.15) is 5.58 Å². The quantitative estimate of drug-likeness (QED) is 0.373. The average molecular weight is 350 g/mol. The standard InChI is InChI=1S/C24H18N2O/c1-15-10-11-18-19-9-6-12-25-24(19)27-23(18)22(15)21-13-20(16(2)14-26-21)17-7-4-3-5-8-17/h3-14H,1-2H3. The molecule has 0 saturated heterocycles. The van der Waals surface area contributed by atoms with Crippen molar-refractivity contribution in [3.8, 4) is 22.4 Å². The Kier molecular flexibility index (Phi) is 3.54. The van der Waals surface area contributed by atoms with Crippen LogP contribution in [0.5, 0.6) is 0 Å². The Balaban J connectivity index is 1.80. The van der Waals surface area contributed by atoms with E-state index in [0.29, 0.717) is 5.71 Å². The summed E-state index contributed by atoms with van der Waals surface area (Å²) in [5.41, 5.74) is 8.12. The zero-order valence-corrected chi connectivity index (χ0v) is 15.2. The van der Waals surface area contributed by atoms with E-state index >= 15 is 0 Å². The minimum Gasteiger partial charge on any atom is -0.437 e. The zero-order valence-electron chi connectivity index (χ0n) is 15.2. The number of aryl methyl sites for hydroxylation is 2. The van der Waals surface area contributed by atoms with Crippen LogP contribution >= 0.6 is 0 Å². The van der Waals surface area contributed by atoms with Gasteiger partial charge in [-0.25, -0.2) is 4.98 Å². The Morgan fingerprint density at radius 1 is 0.778 bits per heavy atom. The molecule has 0 atom stereocenters. The molecule has 3 nitrogen and oxygen atoms in total. The lowest BCUT2D eigenvalue weighted by atomic mass is 9.96. The minimum atomic E-state index is 0.662. The molecule has 3 aromatic heterocycles. The Bertz CT molecular complexity index is 1290. The molecule has 5 aromatic rings. The molecule has 0 spiro atoms. The predicted octanol–water partition coefficient (Wildman–Crippen LogP) is 6.33. The summed E-state index contributed by atoms with van der Waals surface area (Å²) in [7, 11) is 0. The predicted molar refractivity (Wildman–Crippen MR) is 110 cm³/mol. The summed E-state index contributed by atoms with van der Waals surface area (Å²) in [6.07, 6.45) is 3.70. The summed E-state index contributed by atoms with van der Waals surface area (Å²) in [5.74, 6) is 0. The summed E-state index contributed by atoms with van der Waals surface area (Å²) < 4.78 is 6.14. The van der Waals surface area contributed by atoms with Crippen molar-refractivity contribution in [1.82, 2.24) is 9.97 Å². The van der Waals surface area contributed by atoms with E-state index < -0.39 is 0 Å². The first-order valence-corrected chi connectivity index (χ1v) is 9.01. The van der Waals surface area contributed by atoms with Gasteiger partial charge in [-0.1, -0.05) is 42.5 Å². The van der Waals surface area contributed by atoms with Crippen LogP contribution in [0.1, 0.15) is 11.1 Å². The largest absolute Gasteiger partial charge is 0.437 e. The van der Waals surface area contributed by atoms with E-state index in [0.717, 1.165) is 38.7 Å². The third-order valence-electron chi connectivity index (χ3n) is 5.07. The van der Waals surface area contributed by atoms with E-state index in [1.54, 1.807) is 6.20 Å². The highest BCUT2D eigenvalue weighted by Gasteiger charge is 2.17. The van der Waals surface area contributed by atoms with Gasteiger partial charge in [0.05, 0.1) is 5.69 Å². The summed E-state index contributed by atoms with van der Waals surface area (Å²) in [5, 5.41) is 2.10. The Morgan fingerprint density at radius 3 is 2.48 bits per heavy atom. The van der Waals surface area contributed by atoms with Crippen molar-refractivity contribution in [2.45, 2.75) is 13.8 Å². The number of rotatable bonds is 2. The molecular weight excluding hydrogens is 332 g/mol. The van der Waals surface area contributed by atoms with Crippen LogP contribution in [0.3, 0.4) is 0 Å². The Hall–Kier alpha value is -3.46.